The largest absolute Gasteiger partial charge is 0.481 e. The molecule has 1 aliphatic rings. The highest BCUT2D eigenvalue weighted by molar-refractivity contribution is 5.74. The summed E-state index contributed by atoms with van der Waals surface area (Å²) in [6.45, 7) is 4.76. The molecule has 186 valence electrons. The number of nitrogens with zero attached hydrogens (tertiary/aromatic N) is 3. The van der Waals surface area contributed by atoms with Crippen LogP contribution in [0.1, 0.15) is 71.7 Å². The molecule has 2 aromatic carbocycles. The number of anilines is 2. The second-order valence-corrected chi connectivity index (χ2v) is 9.99. The first-order valence-electron chi connectivity index (χ1n) is 12.4. The zero-order valence-electron chi connectivity index (χ0n) is 21.0. The van der Waals surface area contributed by atoms with E-state index in [4.69, 9.17) is 11.6 Å². The van der Waals surface area contributed by atoms with Gasteiger partial charge >= 0.3 is 5.97 Å². The van der Waals surface area contributed by atoms with Gasteiger partial charge in [-0.15, -0.1) is 0 Å². The van der Waals surface area contributed by atoms with Gasteiger partial charge in [0, 0.05) is 38.3 Å². The minimum absolute atomic E-state index is 0.0153. The minimum atomic E-state index is -0.844. The average molecular weight is 476 g/mol. The van der Waals surface area contributed by atoms with E-state index in [2.05, 4.69) is 34.8 Å². The highest BCUT2D eigenvalue weighted by Gasteiger charge is 2.23. The number of rotatable bonds is 9. The molecule has 0 amide bonds. The first kappa shape index (κ1) is 24.8. The molecular weight excluding hydrogens is 438 g/mol. The highest BCUT2D eigenvalue weighted by atomic mass is 16.4. The van der Waals surface area contributed by atoms with Crippen LogP contribution in [0.15, 0.2) is 42.7 Å². The third-order valence-electron chi connectivity index (χ3n) is 7.53. The SMILES string of the molecule is Cc1ccc(C(CC(=O)O)c2ccc(N(C)N)c(N)c2C)cc1Cn1ccnc1CC1CCCC1. The van der Waals surface area contributed by atoms with Crippen LogP contribution in [0.2, 0.25) is 0 Å². The number of carboxylic acids is 1. The van der Waals surface area contributed by atoms with Crippen LogP contribution in [0.25, 0.3) is 0 Å². The molecule has 1 fully saturated rings. The van der Waals surface area contributed by atoms with E-state index in [1.54, 1.807) is 7.05 Å². The van der Waals surface area contributed by atoms with Crippen LogP contribution in [-0.2, 0) is 17.8 Å². The molecule has 1 aliphatic carbocycles. The Morgan fingerprint density at radius 3 is 2.66 bits per heavy atom. The summed E-state index contributed by atoms with van der Waals surface area (Å²) in [5.74, 6) is 6.62. The molecule has 35 heavy (non-hydrogen) atoms. The van der Waals surface area contributed by atoms with Crippen molar-refractivity contribution in [1.82, 2.24) is 9.55 Å². The lowest BCUT2D eigenvalue weighted by molar-refractivity contribution is -0.137. The van der Waals surface area contributed by atoms with Gasteiger partial charge in [-0.2, -0.15) is 0 Å². The molecular formula is C28H37N5O2. The van der Waals surface area contributed by atoms with Crippen molar-refractivity contribution in [2.75, 3.05) is 17.8 Å². The molecule has 3 aromatic rings. The summed E-state index contributed by atoms with van der Waals surface area (Å²) in [6, 6.07) is 10.1. The number of nitrogen functional groups attached to an aromatic ring is 1. The van der Waals surface area contributed by atoms with Crippen molar-refractivity contribution in [3.8, 4) is 0 Å². The van der Waals surface area contributed by atoms with E-state index in [-0.39, 0.29) is 12.3 Å². The van der Waals surface area contributed by atoms with E-state index in [0.717, 1.165) is 47.1 Å². The standard InChI is InChI=1S/C28H37N5O2/c1-18-8-9-21(15-22(18)17-33-13-12-31-26(33)14-20-6-4-5-7-20)24(16-27(34)35)23-10-11-25(32(3)30)28(29)19(23)2/h8-13,15,20,24H,4-7,14,16-17,29-30H2,1-3H3,(H,34,35). The van der Waals surface area contributed by atoms with Gasteiger partial charge in [0.2, 0.25) is 0 Å². The molecule has 4 rings (SSSR count). The van der Waals surface area contributed by atoms with E-state index < -0.39 is 5.97 Å². The Bertz CT molecular complexity index is 1190. The molecule has 0 radical (unpaired) electrons. The van der Waals surface area contributed by atoms with Gasteiger partial charge in [0.05, 0.1) is 17.8 Å². The van der Waals surface area contributed by atoms with E-state index in [1.165, 1.54) is 41.8 Å². The van der Waals surface area contributed by atoms with E-state index >= 15 is 0 Å². The van der Waals surface area contributed by atoms with Crippen molar-refractivity contribution < 1.29 is 9.90 Å². The molecule has 7 nitrogen and oxygen atoms in total. The number of benzene rings is 2. The van der Waals surface area contributed by atoms with Crippen molar-refractivity contribution in [2.24, 2.45) is 11.8 Å². The predicted octanol–water partition coefficient (Wildman–Crippen LogP) is 4.78. The predicted molar refractivity (Wildman–Crippen MR) is 140 cm³/mol. The van der Waals surface area contributed by atoms with Crippen LogP contribution in [0.5, 0.6) is 0 Å². The lowest BCUT2D eigenvalue weighted by atomic mass is 9.84. The Labute approximate surface area is 207 Å². The number of hydrogen-bond acceptors (Lipinski definition) is 5. The molecule has 0 bridgehead atoms. The van der Waals surface area contributed by atoms with E-state index in [9.17, 15) is 9.90 Å². The van der Waals surface area contributed by atoms with Crippen LogP contribution in [0.4, 0.5) is 11.4 Å². The number of aromatic nitrogens is 2. The quantitative estimate of drug-likeness (QED) is 0.233. The smallest absolute Gasteiger partial charge is 0.304 e. The molecule has 1 atom stereocenters. The number of hydrogen-bond donors (Lipinski definition) is 3. The molecule has 1 unspecified atom stereocenters. The van der Waals surface area contributed by atoms with Crippen LogP contribution in [0, 0.1) is 19.8 Å². The molecule has 5 N–H and O–H groups in total. The van der Waals surface area contributed by atoms with E-state index in [1.807, 2.05) is 31.3 Å². The van der Waals surface area contributed by atoms with Crippen LogP contribution in [-0.4, -0.2) is 27.7 Å². The molecule has 7 heteroatoms. The maximum atomic E-state index is 11.9. The number of carbonyl (C=O) groups is 1. The summed E-state index contributed by atoms with van der Waals surface area (Å²) < 4.78 is 2.24. The third kappa shape index (κ3) is 5.51. The van der Waals surface area contributed by atoms with Gasteiger partial charge in [0.1, 0.15) is 5.82 Å². The van der Waals surface area contributed by atoms with Crippen LogP contribution >= 0.6 is 0 Å². The maximum absolute atomic E-state index is 11.9. The fourth-order valence-corrected chi connectivity index (χ4v) is 5.41. The molecule has 0 aliphatic heterocycles. The van der Waals surface area contributed by atoms with Crippen molar-refractivity contribution in [1.29, 1.82) is 0 Å². The lowest BCUT2D eigenvalue weighted by Gasteiger charge is -2.24. The fraction of sp³-hybridized carbons (Fsp3) is 0.429. The topological polar surface area (TPSA) is 110 Å². The van der Waals surface area contributed by atoms with Gasteiger partial charge in [-0.3, -0.25) is 4.79 Å². The fourth-order valence-electron chi connectivity index (χ4n) is 5.41. The molecule has 0 saturated heterocycles. The summed E-state index contributed by atoms with van der Waals surface area (Å²) in [7, 11) is 1.74. The maximum Gasteiger partial charge on any atom is 0.304 e. The molecule has 1 aromatic heterocycles. The summed E-state index contributed by atoms with van der Waals surface area (Å²) in [5.41, 5.74) is 12.8. The Balaban J connectivity index is 1.67. The first-order chi connectivity index (χ1) is 16.7. The Morgan fingerprint density at radius 2 is 1.97 bits per heavy atom. The van der Waals surface area contributed by atoms with Crippen molar-refractivity contribution in [3.05, 3.63) is 76.4 Å². The summed E-state index contributed by atoms with van der Waals surface area (Å²) in [5, 5.41) is 11.2. The highest BCUT2D eigenvalue weighted by Crippen LogP contribution is 2.37. The third-order valence-corrected chi connectivity index (χ3v) is 7.53. The second kappa shape index (κ2) is 10.5. The van der Waals surface area contributed by atoms with Gasteiger partial charge in [0.25, 0.3) is 0 Å². The van der Waals surface area contributed by atoms with Gasteiger partial charge < -0.3 is 20.4 Å². The Kier molecular flexibility index (Phi) is 7.45. The van der Waals surface area contributed by atoms with Gasteiger partial charge in [-0.05, 0) is 53.6 Å². The van der Waals surface area contributed by atoms with Crippen molar-refractivity contribution in [2.45, 2.75) is 64.8 Å². The Hall–Kier alpha value is -3.32. The summed E-state index contributed by atoms with van der Waals surface area (Å²) in [4.78, 5) is 16.5. The van der Waals surface area contributed by atoms with Crippen LogP contribution in [0.3, 0.4) is 0 Å². The number of hydrazine groups is 1. The average Bonchev–Trinajstić information content (AvgIpc) is 3.48. The number of aryl methyl sites for hydroxylation is 1. The molecule has 1 saturated carbocycles. The summed E-state index contributed by atoms with van der Waals surface area (Å²) in [6.07, 6.45) is 10.2. The monoisotopic (exact) mass is 475 g/mol. The zero-order valence-corrected chi connectivity index (χ0v) is 21.0. The van der Waals surface area contributed by atoms with Crippen molar-refractivity contribution in [3.63, 3.8) is 0 Å². The van der Waals surface area contributed by atoms with Crippen molar-refractivity contribution >= 4 is 17.3 Å². The molecule has 0 spiro atoms. The summed E-state index contributed by atoms with van der Waals surface area (Å²) >= 11 is 0. The van der Waals surface area contributed by atoms with Gasteiger partial charge in [0.15, 0.2) is 0 Å². The second-order valence-electron chi connectivity index (χ2n) is 9.99. The number of imidazole rings is 1. The Morgan fingerprint density at radius 1 is 1.23 bits per heavy atom. The zero-order chi connectivity index (χ0) is 25.1. The number of carboxylic acid groups (broad SMARTS) is 1. The number of nitrogens with two attached hydrogens (primary N) is 2. The van der Waals surface area contributed by atoms with E-state index in [0.29, 0.717) is 5.69 Å². The van der Waals surface area contributed by atoms with Gasteiger partial charge in [-0.1, -0.05) is 49.9 Å². The normalized spacial score (nSPS) is 14.9. The first-order valence-corrected chi connectivity index (χ1v) is 12.4. The number of aliphatic carboxylic acids is 1. The van der Waals surface area contributed by atoms with Crippen LogP contribution < -0.4 is 16.6 Å². The minimum Gasteiger partial charge on any atom is -0.481 e. The van der Waals surface area contributed by atoms with Gasteiger partial charge in [-0.25, -0.2) is 10.8 Å². The lowest BCUT2D eigenvalue weighted by Crippen LogP contribution is -2.26. The molecule has 1 heterocycles.